The van der Waals surface area contributed by atoms with E-state index >= 15 is 0 Å². The maximum Gasteiger partial charge on any atom is 0.0994 e. The molecular formula is C10H13N3. The van der Waals surface area contributed by atoms with E-state index in [1.54, 1.807) is 0 Å². The molecule has 0 bridgehead atoms. The third-order valence-electron chi connectivity index (χ3n) is 1.70. The minimum atomic E-state index is 0.726. The molecular weight excluding hydrogens is 162 g/mol. The van der Waals surface area contributed by atoms with Crippen LogP contribution in [0.1, 0.15) is 11.1 Å². The Balaban J connectivity index is 2.91. The summed E-state index contributed by atoms with van der Waals surface area (Å²) in [4.78, 5) is 0. The van der Waals surface area contributed by atoms with E-state index < -0.39 is 0 Å². The van der Waals surface area contributed by atoms with Gasteiger partial charge in [-0.2, -0.15) is 5.26 Å². The van der Waals surface area contributed by atoms with Crippen LogP contribution in [0.15, 0.2) is 18.2 Å². The second-order valence-corrected chi connectivity index (χ2v) is 3.15. The Morgan fingerprint density at radius 1 is 1.38 bits per heavy atom. The molecule has 0 heterocycles. The average molecular weight is 175 g/mol. The summed E-state index contributed by atoms with van der Waals surface area (Å²) in [6, 6.07) is 7.81. The fraction of sp³-hybridized carbons (Fsp3) is 0.300. The second kappa shape index (κ2) is 3.92. The molecule has 0 unspecified atom stereocenters. The molecule has 0 saturated heterocycles. The number of hydrogen-bond donors (Lipinski definition) is 1. The van der Waals surface area contributed by atoms with E-state index in [4.69, 9.17) is 5.26 Å². The normalized spacial score (nSPS) is 9.77. The lowest BCUT2D eigenvalue weighted by Crippen LogP contribution is -2.19. The Morgan fingerprint density at radius 3 is 2.54 bits per heavy atom. The highest BCUT2D eigenvalue weighted by Crippen LogP contribution is 2.14. The molecule has 0 aliphatic carbocycles. The number of rotatable bonds is 2. The topological polar surface area (TPSA) is 39.1 Å². The average Bonchev–Trinajstić information content (AvgIpc) is 2.03. The summed E-state index contributed by atoms with van der Waals surface area (Å²) >= 11 is 0. The lowest BCUT2D eigenvalue weighted by Gasteiger charge is -2.13. The van der Waals surface area contributed by atoms with Gasteiger partial charge in [0.25, 0.3) is 0 Å². The van der Waals surface area contributed by atoms with Crippen LogP contribution < -0.4 is 5.43 Å². The third-order valence-corrected chi connectivity index (χ3v) is 1.70. The van der Waals surface area contributed by atoms with Crippen molar-refractivity contribution in [1.82, 2.24) is 5.01 Å². The number of hydrazine groups is 1. The first-order chi connectivity index (χ1) is 6.13. The Morgan fingerprint density at radius 2 is 2.08 bits per heavy atom. The number of aryl methyl sites for hydroxylation is 1. The number of anilines is 1. The van der Waals surface area contributed by atoms with Gasteiger partial charge in [0, 0.05) is 19.8 Å². The molecule has 0 radical (unpaired) electrons. The molecule has 0 aromatic heterocycles. The van der Waals surface area contributed by atoms with Gasteiger partial charge in [0.05, 0.1) is 11.6 Å². The van der Waals surface area contributed by atoms with E-state index in [0.29, 0.717) is 0 Å². The monoisotopic (exact) mass is 175 g/mol. The van der Waals surface area contributed by atoms with Crippen LogP contribution in [0.25, 0.3) is 0 Å². The van der Waals surface area contributed by atoms with Crippen molar-refractivity contribution in [3.05, 3.63) is 29.3 Å². The predicted octanol–water partition coefficient (Wildman–Crippen LogP) is 1.76. The van der Waals surface area contributed by atoms with Gasteiger partial charge < -0.3 is 5.43 Å². The first kappa shape index (κ1) is 9.56. The molecule has 1 N–H and O–H groups in total. The van der Waals surface area contributed by atoms with Crippen molar-refractivity contribution in [3.8, 4) is 6.07 Å². The summed E-state index contributed by atoms with van der Waals surface area (Å²) in [7, 11) is 3.85. The highest BCUT2D eigenvalue weighted by Gasteiger charge is 1.98. The molecule has 0 saturated carbocycles. The second-order valence-electron chi connectivity index (χ2n) is 3.15. The smallest absolute Gasteiger partial charge is 0.0994 e. The van der Waals surface area contributed by atoms with Crippen molar-refractivity contribution >= 4 is 5.69 Å². The first-order valence-corrected chi connectivity index (χ1v) is 4.08. The van der Waals surface area contributed by atoms with Gasteiger partial charge >= 0.3 is 0 Å². The maximum atomic E-state index is 8.71. The molecule has 13 heavy (non-hydrogen) atoms. The van der Waals surface area contributed by atoms with Crippen LogP contribution in [-0.2, 0) is 0 Å². The van der Waals surface area contributed by atoms with Crippen LogP contribution >= 0.6 is 0 Å². The fourth-order valence-electron chi connectivity index (χ4n) is 1.12. The van der Waals surface area contributed by atoms with Crippen molar-refractivity contribution in [1.29, 1.82) is 5.26 Å². The molecule has 0 aliphatic rings. The van der Waals surface area contributed by atoms with Crippen LogP contribution in [0.5, 0.6) is 0 Å². The molecule has 68 valence electrons. The highest BCUT2D eigenvalue weighted by molar-refractivity contribution is 5.50. The number of nitrogens with zero attached hydrogens (tertiary/aromatic N) is 2. The lowest BCUT2D eigenvalue weighted by atomic mass is 10.1. The van der Waals surface area contributed by atoms with E-state index in [1.165, 1.54) is 0 Å². The minimum Gasteiger partial charge on any atom is -0.319 e. The van der Waals surface area contributed by atoms with Gasteiger partial charge in [0.1, 0.15) is 0 Å². The Labute approximate surface area is 78.6 Å². The maximum absolute atomic E-state index is 8.71. The molecule has 3 heteroatoms. The van der Waals surface area contributed by atoms with Gasteiger partial charge in [-0.25, -0.2) is 5.01 Å². The number of nitriles is 1. The molecule has 1 rings (SSSR count). The fourth-order valence-corrected chi connectivity index (χ4v) is 1.12. The van der Waals surface area contributed by atoms with E-state index in [9.17, 15) is 0 Å². The SMILES string of the molecule is Cc1cc(NN(C)C)ccc1C#N. The van der Waals surface area contributed by atoms with Crippen LogP contribution in [0.2, 0.25) is 0 Å². The first-order valence-electron chi connectivity index (χ1n) is 4.08. The van der Waals surface area contributed by atoms with Crippen LogP contribution in [0.4, 0.5) is 5.69 Å². The zero-order chi connectivity index (χ0) is 9.84. The molecule has 1 aromatic rings. The Bertz CT molecular complexity index is 337. The summed E-state index contributed by atoms with van der Waals surface area (Å²) in [5.41, 5.74) is 5.84. The highest BCUT2D eigenvalue weighted by atomic mass is 15.5. The quantitative estimate of drug-likeness (QED) is 0.696. The van der Waals surface area contributed by atoms with Crippen molar-refractivity contribution in [2.24, 2.45) is 0 Å². The van der Waals surface area contributed by atoms with Gasteiger partial charge in [-0.15, -0.1) is 0 Å². The van der Waals surface area contributed by atoms with Gasteiger partial charge in [0.2, 0.25) is 0 Å². The van der Waals surface area contributed by atoms with Crippen LogP contribution in [-0.4, -0.2) is 19.1 Å². The summed E-state index contributed by atoms with van der Waals surface area (Å²) < 4.78 is 0. The van der Waals surface area contributed by atoms with Gasteiger partial charge in [-0.3, -0.25) is 0 Å². The Hall–Kier alpha value is -1.53. The number of nitrogens with one attached hydrogen (secondary N) is 1. The minimum absolute atomic E-state index is 0.726. The van der Waals surface area contributed by atoms with E-state index in [1.807, 2.05) is 44.2 Å². The van der Waals surface area contributed by atoms with E-state index in [2.05, 4.69) is 11.5 Å². The van der Waals surface area contributed by atoms with Crippen molar-refractivity contribution in [2.75, 3.05) is 19.5 Å². The third kappa shape index (κ3) is 2.46. The van der Waals surface area contributed by atoms with Gasteiger partial charge in [-0.1, -0.05) is 0 Å². The summed E-state index contributed by atoms with van der Waals surface area (Å²) in [5.74, 6) is 0. The standard InChI is InChI=1S/C10H13N3/c1-8-6-10(12-13(2)3)5-4-9(8)7-11/h4-6,12H,1-3H3. The zero-order valence-electron chi connectivity index (χ0n) is 8.13. The molecule has 0 amide bonds. The van der Waals surface area contributed by atoms with Crippen molar-refractivity contribution in [2.45, 2.75) is 6.92 Å². The Kier molecular flexibility index (Phi) is 2.88. The molecule has 0 fully saturated rings. The molecule has 3 nitrogen and oxygen atoms in total. The summed E-state index contributed by atoms with van der Waals surface area (Å²) in [5, 5.41) is 10.6. The van der Waals surface area contributed by atoms with Crippen molar-refractivity contribution < 1.29 is 0 Å². The zero-order valence-corrected chi connectivity index (χ0v) is 8.13. The number of hydrogen-bond acceptors (Lipinski definition) is 3. The molecule has 0 aliphatic heterocycles. The largest absolute Gasteiger partial charge is 0.319 e. The summed E-state index contributed by atoms with van der Waals surface area (Å²) in [6.45, 7) is 1.93. The van der Waals surface area contributed by atoms with E-state index in [0.717, 1.165) is 16.8 Å². The molecule has 0 atom stereocenters. The van der Waals surface area contributed by atoms with Crippen LogP contribution in [0, 0.1) is 18.3 Å². The van der Waals surface area contributed by atoms with Gasteiger partial charge in [0.15, 0.2) is 0 Å². The molecule has 0 spiro atoms. The lowest BCUT2D eigenvalue weighted by molar-refractivity contribution is 0.495. The van der Waals surface area contributed by atoms with Crippen molar-refractivity contribution in [3.63, 3.8) is 0 Å². The predicted molar refractivity (Wildman–Crippen MR) is 53.2 cm³/mol. The summed E-state index contributed by atoms with van der Waals surface area (Å²) in [6.07, 6.45) is 0. The van der Waals surface area contributed by atoms with E-state index in [-0.39, 0.29) is 0 Å². The number of benzene rings is 1. The van der Waals surface area contributed by atoms with Crippen LogP contribution in [0.3, 0.4) is 0 Å². The molecule has 1 aromatic carbocycles. The van der Waals surface area contributed by atoms with Gasteiger partial charge in [-0.05, 0) is 30.7 Å².